The first-order chi connectivity index (χ1) is 7.06. The average molecular weight is 210 g/mol. The molecule has 0 N–H and O–H groups in total. The Morgan fingerprint density at radius 2 is 1.93 bits per heavy atom. The lowest BCUT2D eigenvalue weighted by Gasteiger charge is -2.10. The van der Waals surface area contributed by atoms with Crippen molar-refractivity contribution in [2.24, 2.45) is 0 Å². The quantitative estimate of drug-likeness (QED) is 0.717. The molecule has 0 aliphatic rings. The van der Waals surface area contributed by atoms with Crippen LogP contribution in [-0.4, -0.2) is 13.1 Å². The van der Waals surface area contributed by atoms with E-state index in [1.807, 2.05) is 19.9 Å². The van der Waals surface area contributed by atoms with E-state index in [2.05, 4.69) is 4.74 Å². The van der Waals surface area contributed by atoms with Crippen molar-refractivity contribution in [3.8, 4) is 0 Å². The largest absolute Gasteiger partial charge is 0.467 e. The topological polar surface area (TPSA) is 26.3 Å². The van der Waals surface area contributed by atoms with Gasteiger partial charge >= 0.3 is 5.97 Å². The second-order valence-electron chi connectivity index (χ2n) is 3.71. The first kappa shape index (κ1) is 11.7. The molecule has 3 heteroatoms. The molecule has 1 aromatic rings. The highest BCUT2D eigenvalue weighted by atomic mass is 19.1. The van der Waals surface area contributed by atoms with E-state index in [9.17, 15) is 9.18 Å². The van der Waals surface area contributed by atoms with Gasteiger partial charge in [0.15, 0.2) is 0 Å². The van der Waals surface area contributed by atoms with Crippen molar-refractivity contribution in [1.29, 1.82) is 0 Å². The molecule has 0 saturated heterocycles. The molecule has 0 aromatic heterocycles. The number of rotatable bonds is 3. The van der Waals surface area contributed by atoms with Crippen LogP contribution in [0.25, 0.3) is 0 Å². The van der Waals surface area contributed by atoms with E-state index >= 15 is 0 Å². The van der Waals surface area contributed by atoms with Crippen molar-refractivity contribution in [1.82, 2.24) is 0 Å². The molecule has 0 bridgehead atoms. The number of esters is 1. The molecule has 15 heavy (non-hydrogen) atoms. The fourth-order valence-electron chi connectivity index (χ4n) is 1.32. The Bertz CT molecular complexity index is 347. The van der Waals surface area contributed by atoms with Crippen LogP contribution in [-0.2, 0) is 9.53 Å². The van der Waals surface area contributed by atoms with Crippen LogP contribution < -0.4 is 0 Å². The van der Waals surface area contributed by atoms with Crippen molar-refractivity contribution >= 4 is 5.97 Å². The monoisotopic (exact) mass is 210 g/mol. The summed E-state index contributed by atoms with van der Waals surface area (Å²) in [5.74, 6) is -0.536. The molecule has 0 heterocycles. The lowest BCUT2D eigenvalue weighted by Crippen LogP contribution is -2.09. The van der Waals surface area contributed by atoms with Gasteiger partial charge in [0.2, 0.25) is 6.17 Å². The minimum absolute atomic E-state index is 0.315. The Kier molecular flexibility index (Phi) is 3.83. The molecule has 1 unspecified atom stereocenters. The second-order valence-corrected chi connectivity index (χ2v) is 3.71. The molecule has 0 saturated carbocycles. The van der Waals surface area contributed by atoms with Crippen LogP contribution in [0.4, 0.5) is 4.39 Å². The average Bonchev–Trinajstić information content (AvgIpc) is 2.27. The minimum atomic E-state index is -1.69. The number of ether oxygens (including phenoxy) is 1. The van der Waals surface area contributed by atoms with Gasteiger partial charge < -0.3 is 4.74 Å². The molecular weight excluding hydrogens is 195 g/mol. The number of methoxy groups -OCH3 is 1. The molecule has 2 nitrogen and oxygen atoms in total. The van der Waals surface area contributed by atoms with Gasteiger partial charge in [0.05, 0.1) is 7.11 Å². The molecular formula is C12H15FO2. The Labute approximate surface area is 89.1 Å². The lowest BCUT2D eigenvalue weighted by molar-refractivity contribution is -0.146. The summed E-state index contributed by atoms with van der Waals surface area (Å²) >= 11 is 0. The van der Waals surface area contributed by atoms with Crippen LogP contribution in [0.5, 0.6) is 0 Å². The summed E-state index contributed by atoms with van der Waals surface area (Å²) in [4.78, 5) is 11.0. The lowest BCUT2D eigenvalue weighted by atomic mass is 9.99. The third-order valence-corrected chi connectivity index (χ3v) is 2.28. The summed E-state index contributed by atoms with van der Waals surface area (Å²) in [7, 11) is 1.18. The van der Waals surface area contributed by atoms with E-state index in [0.717, 1.165) is 5.56 Å². The highest BCUT2D eigenvalue weighted by molar-refractivity contribution is 5.76. The molecule has 0 aliphatic carbocycles. The number of carbonyl (C=O) groups excluding carboxylic acids is 1. The number of alkyl halides is 1. The first-order valence-corrected chi connectivity index (χ1v) is 4.88. The summed E-state index contributed by atoms with van der Waals surface area (Å²) in [5.41, 5.74) is 1.37. The molecule has 0 spiro atoms. The van der Waals surface area contributed by atoms with Crippen LogP contribution >= 0.6 is 0 Å². The molecule has 1 atom stereocenters. The number of hydrogen-bond acceptors (Lipinski definition) is 2. The van der Waals surface area contributed by atoms with Gasteiger partial charge in [0, 0.05) is 0 Å². The van der Waals surface area contributed by atoms with Crippen LogP contribution in [0.1, 0.15) is 37.1 Å². The van der Waals surface area contributed by atoms with Gasteiger partial charge in [-0.1, -0.05) is 38.1 Å². The molecule has 82 valence electrons. The van der Waals surface area contributed by atoms with Crippen molar-refractivity contribution in [3.05, 3.63) is 35.4 Å². The summed E-state index contributed by atoms with van der Waals surface area (Å²) in [6, 6.07) is 6.96. The zero-order valence-corrected chi connectivity index (χ0v) is 9.16. The Hall–Kier alpha value is -1.38. The minimum Gasteiger partial charge on any atom is -0.467 e. The van der Waals surface area contributed by atoms with E-state index in [-0.39, 0.29) is 0 Å². The van der Waals surface area contributed by atoms with Gasteiger partial charge in [-0.2, -0.15) is 0 Å². The molecule has 0 radical (unpaired) electrons. The summed E-state index contributed by atoms with van der Waals surface area (Å²) in [6.45, 7) is 4.04. The van der Waals surface area contributed by atoms with E-state index < -0.39 is 12.1 Å². The fourth-order valence-corrected chi connectivity index (χ4v) is 1.32. The maximum Gasteiger partial charge on any atom is 0.345 e. The number of halogens is 1. The first-order valence-electron chi connectivity index (χ1n) is 4.88. The van der Waals surface area contributed by atoms with Crippen LogP contribution in [0, 0.1) is 0 Å². The molecule has 1 rings (SSSR count). The van der Waals surface area contributed by atoms with Crippen molar-refractivity contribution in [2.45, 2.75) is 25.9 Å². The van der Waals surface area contributed by atoms with Gasteiger partial charge in [-0.05, 0) is 17.0 Å². The number of carbonyl (C=O) groups is 1. The van der Waals surface area contributed by atoms with E-state index in [1.165, 1.54) is 7.11 Å². The van der Waals surface area contributed by atoms with Gasteiger partial charge in [-0.3, -0.25) is 0 Å². The van der Waals surface area contributed by atoms with Crippen LogP contribution in [0.2, 0.25) is 0 Å². The van der Waals surface area contributed by atoms with E-state index in [1.54, 1.807) is 18.2 Å². The highest BCUT2D eigenvalue weighted by Gasteiger charge is 2.20. The maximum atomic E-state index is 13.5. The van der Waals surface area contributed by atoms with Crippen molar-refractivity contribution in [2.75, 3.05) is 7.11 Å². The third kappa shape index (κ3) is 2.78. The SMILES string of the molecule is COC(=O)C(F)c1cccc(C(C)C)c1. The Morgan fingerprint density at radius 1 is 1.33 bits per heavy atom. The second kappa shape index (κ2) is 4.91. The smallest absolute Gasteiger partial charge is 0.345 e. The Balaban J connectivity index is 2.95. The predicted molar refractivity (Wildman–Crippen MR) is 56.4 cm³/mol. The predicted octanol–water partition coefficient (Wildman–Crippen LogP) is 2.99. The van der Waals surface area contributed by atoms with Crippen molar-refractivity contribution < 1.29 is 13.9 Å². The number of hydrogen-bond donors (Lipinski definition) is 0. The van der Waals surface area contributed by atoms with E-state index in [4.69, 9.17) is 0 Å². The third-order valence-electron chi connectivity index (χ3n) is 2.28. The van der Waals surface area contributed by atoms with Gasteiger partial charge in [0.25, 0.3) is 0 Å². The normalized spacial score (nSPS) is 12.6. The number of benzene rings is 1. The maximum absolute atomic E-state index is 13.5. The molecule has 0 amide bonds. The highest BCUT2D eigenvalue weighted by Crippen LogP contribution is 2.23. The van der Waals surface area contributed by atoms with Crippen LogP contribution in [0.15, 0.2) is 24.3 Å². The molecule has 1 aromatic carbocycles. The summed E-state index contributed by atoms with van der Waals surface area (Å²) in [5, 5.41) is 0. The van der Waals surface area contributed by atoms with E-state index in [0.29, 0.717) is 11.5 Å². The van der Waals surface area contributed by atoms with Gasteiger partial charge in [-0.25, -0.2) is 9.18 Å². The molecule has 0 aliphatic heterocycles. The van der Waals surface area contributed by atoms with Crippen molar-refractivity contribution in [3.63, 3.8) is 0 Å². The Morgan fingerprint density at radius 3 is 2.47 bits per heavy atom. The fraction of sp³-hybridized carbons (Fsp3) is 0.417. The van der Waals surface area contributed by atoms with Crippen LogP contribution in [0.3, 0.4) is 0 Å². The standard InChI is InChI=1S/C12H15FO2/c1-8(2)9-5-4-6-10(7-9)11(13)12(14)15-3/h4-8,11H,1-3H3. The summed E-state index contributed by atoms with van der Waals surface area (Å²) < 4.78 is 17.9. The zero-order chi connectivity index (χ0) is 11.4. The van der Waals surface area contributed by atoms with Gasteiger partial charge in [-0.15, -0.1) is 0 Å². The van der Waals surface area contributed by atoms with Gasteiger partial charge in [0.1, 0.15) is 0 Å². The molecule has 0 fully saturated rings. The zero-order valence-electron chi connectivity index (χ0n) is 9.16. The summed E-state index contributed by atoms with van der Waals surface area (Å²) in [6.07, 6.45) is -1.69.